The van der Waals surface area contributed by atoms with E-state index in [2.05, 4.69) is 5.32 Å². The Labute approximate surface area is 176 Å². The van der Waals surface area contributed by atoms with Crippen LogP contribution in [0.25, 0.3) is 0 Å². The lowest BCUT2D eigenvalue weighted by molar-refractivity contribution is 0.103. The first-order valence-corrected chi connectivity index (χ1v) is 9.26. The predicted molar refractivity (Wildman–Crippen MR) is 111 cm³/mol. The number of hydrogen-bond acceptors (Lipinski definition) is 3. The molecule has 3 aromatic carbocycles. The van der Waals surface area contributed by atoms with Crippen LogP contribution in [0.1, 0.15) is 31.8 Å². The van der Waals surface area contributed by atoms with Gasteiger partial charge in [-0.15, -0.1) is 0 Å². The van der Waals surface area contributed by atoms with Gasteiger partial charge in [-0.05, 0) is 72.6 Å². The average Bonchev–Trinajstić information content (AvgIpc) is 2.64. The van der Waals surface area contributed by atoms with E-state index in [4.69, 9.17) is 34.8 Å². The molecule has 0 heterocycles. The summed E-state index contributed by atoms with van der Waals surface area (Å²) in [6.07, 6.45) is 0. The maximum Gasteiger partial charge on any atom is 0.252 e. The minimum absolute atomic E-state index is 0.186. The Hall–Kier alpha value is -2.40. The van der Waals surface area contributed by atoms with Crippen LogP contribution in [0, 0.1) is 12.7 Å². The SMILES string of the molecule is Cc1ccc(C(=O)Cl)cc1C(=O)c1ccc(Nc2ccc(Cl)cc2F)cc1Cl. The van der Waals surface area contributed by atoms with Gasteiger partial charge in [-0.3, -0.25) is 9.59 Å². The fourth-order valence-corrected chi connectivity index (χ4v) is 3.20. The van der Waals surface area contributed by atoms with E-state index in [1.54, 1.807) is 31.2 Å². The molecule has 0 aromatic heterocycles. The van der Waals surface area contributed by atoms with Gasteiger partial charge in [-0.25, -0.2) is 4.39 Å². The molecule has 0 bridgehead atoms. The summed E-state index contributed by atoms with van der Waals surface area (Å²) in [5.74, 6) is -0.853. The number of rotatable bonds is 5. The lowest BCUT2D eigenvalue weighted by atomic mass is 9.97. The molecule has 1 N–H and O–H groups in total. The fourth-order valence-electron chi connectivity index (χ4n) is 2.66. The van der Waals surface area contributed by atoms with E-state index < -0.39 is 11.1 Å². The number of carbonyl (C=O) groups is 2. The molecule has 142 valence electrons. The van der Waals surface area contributed by atoms with E-state index in [-0.39, 0.29) is 32.6 Å². The van der Waals surface area contributed by atoms with Gasteiger partial charge in [0.1, 0.15) is 5.82 Å². The van der Waals surface area contributed by atoms with Crippen LogP contribution < -0.4 is 5.32 Å². The summed E-state index contributed by atoms with van der Waals surface area (Å²) in [5.41, 5.74) is 2.23. The second kappa shape index (κ2) is 8.31. The van der Waals surface area contributed by atoms with Crippen LogP contribution in [0.5, 0.6) is 0 Å². The zero-order chi connectivity index (χ0) is 20.4. The number of nitrogens with one attached hydrogen (secondary N) is 1. The van der Waals surface area contributed by atoms with Crippen molar-refractivity contribution in [2.75, 3.05) is 5.32 Å². The highest BCUT2D eigenvalue weighted by molar-refractivity contribution is 6.67. The molecule has 3 aromatic rings. The van der Waals surface area contributed by atoms with Crippen LogP contribution in [0.2, 0.25) is 10.0 Å². The number of aryl methyl sites for hydroxylation is 1. The van der Waals surface area contributed by atoms with Gasteiger partial charge in [0.2, 0.25) is 0 Å². The van der Waals surface area contributed by atoms with E-state index in [1.807, 2.05) is 0 Å². The Bertz CT molecular complexity index is 1100. The molecule has 7 heteroatoms. The van der Waals surface area contributed by atoms with E-state index >= 15 is 0 Å². The smallest absolute Gasteiger partial charge is 0.252 e. The highest BCUT2D eigenvalue weighted by Gasteiger charge is 2.17. The number of halogens is 4. The van der Waals surface area contributed by atoms with Crippen molar-refractivity contribution in [2.24, 2.45) is 0 Å². The molecule has 0 aliphatic carbocycles. The monoisotopic (exact) mass is 435 g/mol. The Morgan fingerprint density at radius 3 is 2.32 bits per heavy atom. The number of anilines is 2. The van der Waals surface area contributed by atoms with Crippen LogP contribution >= 0.6 is 34.8 Å². The number of hydrogen-bond donors (Lipinski definition) is 1. The Morgan fingerprint density at radius 1 is 0.929 bits per heavy atom. The minimum Gasteiger partial charge on any atom is -0.353 e. The van der Waals surface area contributed by atoms with E-state index in [0.717, 1.165) is 0 Å². The number of benzene rings is 3. The van der Waals surface area contributed by atoms with Crippen molar-refractivity contribution in [3.63, 3.8) is 0 Å². The fraction of sp³-hybridized carbons (Fsp3) is 0.0476. The van der Waals surface area contributed by atoms with Crippen LogP contribution in [-0.4, -0.2) is 11.0 Å². The topological polar surface area (TPSA) is 46.2 Å². The molecule has 28 heavy (non-hydrogen) atoms. The first kappa shape index (κ1) is 20.3. The molecule has 0 radical (unpaired) electrons. The summed E-state index contributed by atoms with van der Waals surface area (Å²) in [7, 11) is 0. The van der Waals surface area contributed by atoms with Crippen LogP contribution in [0.3, 0.4) is 0 Å². The molecule has 0 saturated heterocycles. The van der Waals surface area contributed by atoms with Gasteiger partial charge in [0.05, 0.1) is 10.7 Å². The van der Waals surface area contributed by atoms with E-state index in [0.29, 0.717) is 16.8 Å². The van der Waals surface area contributed by atoms with Crippen molar-refractivity contribution < 1.29 is 14.0 Å². The highest BCUT2D eigenvalue weighted by Crippen LogP contribution is 2.28. The molecule has 0 amide bonds. The maximum absolute atomic E-state index is 13.9. The van der Waals surface area contributed by atoms with Crippen molar-refractivity contribution in [3.8, 4) is 0 Å². The van der Waals surface area contributed by atoms with Crippen molar-refractivity contribution in [3.05, 3.63) is 92.7 Å². The molecule has 0 atom stereocenters. The average molecular weight is 437 g/mol. The normalized spacial score (nSPS) is 10.6. The van der Waals surface area contributed by atoms with Crippen molar-refractivity contribution in [1.29, 1.82) is 0 Å². The summed E-state index contributed by atoms with van der Waals surface area (Å²) in [5, 5.41) is 2.72. The molecule has 0 fully saturated rings. The van der Waals surface area contributed by atoms with E-state index in [9.17, 15) is 14.0 Å². The van der Waals surface area contributed by atoms with Crippen molar-refractivity contribution in [1.82, 2.24) is 0 Å². The zero-order valence-electron chi connectivity index (χ0n) is 14.5. The molecular weight excluding hydrogens is 424 g/mol. The molecule has 0 saturated carbocycles. The van der Waals surface area contributed by atoms with Gasteiger partial charge in [0, 0.05) is 27.4 Å². The second-order valence-electron chi connectivity index (χ2n) is 6.08. The molecule has 0 unspecified atom stereocenters. The predicted octanol–water partition coefficient (Wildman–Crippen LogP) is 6.79. The lowest BCUT2D eigenvalue weighted by Gasteiger charge is -2.11. The van der Waals surface area contributed by atoms with Crippen LogP contribution in [0.15, 0.2) is 54.6 Å². The Balaban J connectivity index is 1.91. The van der Waals surface area contributed by atoms with Gasteiger partial charge in [0.15, 0.2) is 5.78 Å². The summed E-state index contributed by atoms with van der Waals surface area (Å²) in [6.45, 7) is 1.75. The van der Waals surface area contributed by atoms with Crippen molar-refractivity contribution >= 4 is 57.2 Å². The Morgan fingerprint density at radius 2 is 1.68 bits per heavy atom. The first-order chi connectivity index (χ1) is 13.3. The van der Waals surface area contributed by atoms with Crippen LogP contribution in [-0.2, 0) is 0 Å². The molecule has 3 rings (SSSR count). The lowest BCUT2D eigenvalue weighted by Crippen LogP contribution is -2.06. The van der Waals surface area contributed by atoms with Gasteiger partial charge < -0.3 is 5.32 Å². The second-order valence-corrected chi connectivity index (χ2v) is 7.26. The minimum atomic E-state index is -0.648. The Kier molecular flexibility index (Phi) is 6.04. The van der Waals surface area contributed by atoms with Gasteiger partial charge in [-0.2, -0.15) is 0 Å². The molecule has 0 aliphatic rings. The number of ketones is 1. The van der Waals surface area contributed by atoms with Crippen LogP contribution in [0.4, 0.5) is 15.8 Å². The molecule has 3 nitrogen and oxygen atoms in total. The standard InChI is InChI=1S/C21H13Cl3FNO2/c1-11-2-3-12(21(24)28)8-16(11)20(27)15-6-5-14(10-17(15)23)26-19-7-4-13(22)9-18(19)25/h2-10,26H,1H3. The van der Waals surface area contributed by atoms with Gasteiger partial charge in [-0.1, -0.05) is 29.3 Å². The third-order valence-electron chi connectivity index (χ3n) is 4.13. The van der Waals surface area contributed by atoms with E-state index in [1.165, 1.54) is 30.3 Å². The maximum atomic E-state index is 13.9. The quantitative estimate of drug-likeness (QED) is 0.353. The summed E-state index contributed by atoms with van der Waals surface area (Å²) in [4.78, 5) is 24.3. The largest absolute Gasteiger partial charge is 0.353 e. The zero-order valence-corrected chi connectivity index (χ0v) is 16.8. The third kappa shape index (κ3) is 4.36. The molecular formula is C21H13Cl3FNO2. The summed E-state index contributed by atoms with van der Waals surface area (Å²) < 4.78 is 13.9. The number of carbonyl (C=O) groups excluding carboxylic acids is 2. The van der Waals surface area contributed by atoms with Gasteiger partial charge in [0.25, 0.3) is 5.24 Å². The summed E-state index contributed by atoms with van der Waals surface area (Å²) >= 11 is 17.5. The third-order valence-corrected chi connectivity index (χ3v) is 4.90. The van der Waals surface area contributed by atoms with Crippen molar-refractivity contribution in [2.45, 2.75) is 6.92 Å². The highest BCUT2D eigenvalue weighted by atomic mass is 35.5. The van der Waals surface area contributed by atoms with Gasteiger partial charge >= 0.3 is 0 Å². The molecule has 0 spiro atoms. The summed E-state index contributed by atoms with van der Waals surface area (Å²) in [6, 6.07) is 13.6. The first-order valence-electron chi connectivity index (χ1n) is 8.13. The molecule has 0 aliphatic heterocycles.